The van der Waals surface area contributed by atoms with Crippen molar-refractivity contribution in [3.63, 3.8) is 0 Å². The van der Waals surface area contributed by atoms with E-state index in [-0.39, 0.29) is 25.2 Å². The summed E-state index contributed by atoms with van der Waals surface area (Å²) in [6.07, 6.45) is 7.41. The number of rotatable bonds is 7. The molecular weight excluding hydrogens is 472 g/mol. The van der Waals surface area contributed by atoms with Crippen LogP contribution in [-0.4, -0.2) is 56.8 Å². The van der Waals surface area contributed by atoms with Gasteiger partial charge in [-0.25, -0.2) is 0 Å². The lowest BCUT2D eigenvalue weighted by Gasteiger charge is -2.32. The van der Waals surface area contributed by atoms with Crippen LogP contribution in [0, 0.1) is 5.92 Å². The molecule has 0 bridgehead atoms. The fourth-order valence-electron chi connectivity index (χ4n) is 4.26. The fraction of sp³-hybridized carbons (Fsp3) is 0.533. The summed E-state index contributed by atoms with van der Waals surface area (Å²) in [5.74, 6) is -1.39. The molecule has 0 spiro atoms. The number of carbonyl (C=O) groups excluding carboxylic acids is 2. The minimum Gasteiger partial charge on any atom is -0.457 e. The zero-order chi connectivity index (χ0) is 27.6. The number of carbonyl (C=O) groups is 2. The summed E-state index contributed by atoms with van der Waals surface area (Å²) in [4.78, 5) is 24.2. The van der Waals surface area contributed by atoms with Gasteiger partial charge in [0.15, 0.2) is 0 Å². The first-order valence-electron chi connectivity index (χ1n) is 12.9. The third-order valence-electron chi connectivity index (χ3n) is 6.64. The monoisotopic (exact) mass is 514 g/mol. The minimum atomic E-state index is -1.42. The summed E-state index contributed by atoms with van der Waals surface area (Å²) < 4.78 is 11.1. The van der Waals surface area contributed by atoms with E-state index in [1.807, 2.05) is 44.2 Å². The first-order chi connectivity index (χ1) is 17.3. The van der Waals surface area contributed by atoms with Crippen LogP contribution in [-0.2, 0) is 25.5 Å². The predicted molar refractivity (Wildman–Crippen MR) is 143 cm³/mol. The Morgan fingerprint density at radius 1 is 1.24 bits per heavy atom. The number of benzene rings is 1. The Balaban J connectivity index is 2.22. The van der Waals surface area contributed by atoms with Gasteiger partial charge in [-0.15, -0.1) is 0 Å². The number of esters is 2. The van der Waals surface area contributed by atoms with Gasteiger partial charge in [0.1, 0.15) is 17.8 Å². The molecule has 1 aliphatic rings. The van der Waals surface area contributed by atoms with Crippen molar-refractivity contribution >= 4 is 11.9 Å². The van der Waals surface area contributed by atoms with Crippen LogP contribution < -0.4 is 0 Å². The molecule has 0 unspecified atom stereocenters. The highest BCUT2D eigenvalue weighted by Gasteiger charge is 2.35. The van der Waals surface area contributed by atoms with Crippen molar-refractivity contribution in [1.82, 2.24) is 0 Å². The number of aryl methyl sites for hydroxylation is 1. The van der Waals surface area contributed by atoms with Gasteiger partial charge < -0.3 is 24.8 Å². The van der Waals surface area contributed by atoms with Crippen molar-refractivity contribution in [2.24, 2.45) is 5.92 Å². The Bertz CT molecular complexity index is 975. The maximum atomic E-state index is 12.6. The molecule has 2 rings (SSSR count). The topological polar surface area (TPSA) is 113 Å². The molecule has 0 radical (unpaired) electrons. The first kappa shape index (κ1) is 30.5. The highest BCUT2D eigenvalue weighted by Crippen LogP contribution is 2.27. The summed E-state index contributed by atoms with van der Waals surface area (Å²) in [7, 11) is 0. The number of ether oxygens (including phenoxy) is 2. The Hall–Kier alpha value is -2.74. The van der Waals surface area contributed by atoms with Gasteiger partial charge in [-0.1, -0.05) is 61.6 Å². The van der Waals surface area contributed by atoms with Crippen LogP contribution >= 0.6 is 0 Å². The SMILES string of the molecule is CC(=O)O[C@@H]1/C=C\[C@H](C)[C@@H](/C(C)=C/C=C/[C@](C)(O)CCc2ccccc2)OC(=O)C[C@H](O)CC[C@@]1(C)O. The zero-order valence-corrected chi connectivity index (χ0v) is 22.6. The van der Waals surface area contributed by atoms with Gasteiger partial charge in [0, 0.05) is 12.8 Å². The van der Waals surface area contributed by atoms with E-state index in [4.69, 9.17) is 9.47 Å². The number of allylic oxidation sites excluding steroid dienone is 2. The Labute approximate surface area is 220 Å². The fourth-order valence-corrected chi connectivity index (χ4v) is 4.26. The lowest BCUT2D eigenvalue weighted by atomic mass is 9.88. The molecule has 3 N–H and O–H groups in total. The molecule has 1 aliphatic heterocycles. The molecule has 1 heterocycles. The molecule has 6 atom stereocenters. The average molecular weight is 515 g/mol. The van der Waals surface area contributed by atoms with E-state index < -0.39 is 41.5 Å². The molecule has 7 heteroatoms. The predicted octanol–water partition coefficient (Wildman–Crippen LogP) is 4.20. The minimum absolute atomic E-state index is 0.134. The van der Waals surface area contributed by atoms with Crippen LogP contribution in [0.15, 0.2) is 66.3 Å². The number of hydrogen-bond acceptors (Lipinski definition) is 7. The lowest BCUT2D eigenvalue weighted by Crippen LogP contribution is -2.42. The van der Waals surface area contributed by atoms with E-state index in [2.05, 4.69) is 0 Å². The van der Waals surface area contributed by atoms with Crippen LogP contribution in [0.1, 0.15) is 65.9 Å². The quantitative estimate of drug-likeness (QED) is 0.284. The molecule has 7 nitrogen and oxygen atoms in total. The summed E-state index contributed by atoms with van der Waals surface area (Å²) in [5, 5.41) is 32.0. The van der Waals surface area contributed by atoms with E-state index in [0.29, 0.717) is 6.42 Å². The molecular formula is C30H42O7. The van der Waals surface area contributed by atoms with Crippen molar-refractivity contribution in [2.75, 3.05) is 0 Å². The number of hydrogen-bond donors (Lipinski definition) is 3. The van der Waals surface area contributed by atoms with E-state index in [1.165, 1.54) is 6.92 Å². The Morgan fingerprint density at radius 3 is 2.57 bits per heavy atom. The third-order valence-corrected chi connectivity index (χ3v) is 6.64. The Morgan fingerprint density at radius 2 is 1.92 bits per heavy atom. The largest absolute Gasteiger partial charge is 0.457 e. The van der Waals surface area contributed by atoms with Gasteiger partial charge >= 0.3 is 11.9 Å². The van der Waals surface area contributed by atoms with Crippen molar-refractivity contribution in [3.05, 3.63) is 71.8 Å². The second-order valence-electron chi connectivity index (χ2n) is 10.6. The van der Waals surface area contributed by atoms with Gasteiger partial charge in [-0.05, 0) is 63.7 Å². The smallest absolute Gasteiger partial charge is 0.309 e. The second-order valence-corrected chi connectivity index (χ2v) is 10.6. The van der Waals surface area contributed by atoms with Crippen molar-refractivity contribution in [3.8, 4) is 0 Å². The summed E-state index contributed by atoms with van der Waals surface area (Å²) in [6, 6.07) is 9.96. The van der Waals surface area contributed by atoms with Gasteiger partial charge in [-0.2, -0.15) is 0 Å². The summed E-state index contributed by atoms with van der Waals surface area (Å²) in [6.45, 7) is 8.25. The highest BCUT2D eigenvalue weighted by molar-refractivity contribution is 5.70. The number of cyclic esters (lactones) is 1. The zero-order valence-electron chi connectivity index (χ0n) is 22.6. The highest BCUT2D eigenvalue weighted by atomic mass is 16.6. The van der Waals surface area contributed by atoms with E-state index in [1.54, 1.807) is 44.2 Å². The summed E-state index contributed by atoms with van der Waals surface area (Å²) in [5.41, 5.74) is -0.547. The maximum Gasteiger partial charge on any atom is 0.309 e. The first-order valence-corrected chi connectivity index (χ1v) is 12.9. The van der Waals surface area contributed by atoms with E-state index in [9.17, 15) is 24.9 Å². The van der Waals surface area contributed by atoms with Crippen LogP contribution in [0.2, 0.25) is 0 Å². The van der Waals surface area contributed by atoms with E-state index in [0.717, 1.165) is 17.6 Å². The van der Waals surface area contributed by atoms with Gasteiger partial charge in [0.25, 0.3) is 0 Å². The van der Waals surface area contributed by atoms with Crippen molar-refractivity contribution < 1.29 is 34.4 Å². The number of aliphatic hydroxyl groups excluding tert-OH is 1. The standard InChI is InChI=1S/C30H42O7/c1-21(10-9-17-29(4,34)18-15-24-11-7-6-8-12-24)28-22(2)13-14-26(36-23(3)31)30(5,35)19-16-25(32)20-27(33)37-28/h6-14,17,22,25-26,28,32,34-35H,15-16,18-20H2,1-5H3/b14-13-,17-9+,21-10+/t22-,25+,26+,28+,29-,30+/m0/s1. The van der Waals surface area contributed by atoms with Crippen molar-refractivity contribution in [2.45, 2.75) is 96.2 Å². The van der Waals surface area contributed by atoms with Crippen LogP contribution in [0.5, 0.6) is 0 Å². The van der Waals surface area contributed by atoms with Crippen molar-refractivity contribution in [1.29, 1.82) is 0 Å². The molecule has 0 amide bonds. The van der Waals surface area contributed by atoms with E-state index >= 15 is 0 Å². The molecule has 204 valence electrons. The molecule has 1 aromatic rings. The van der Waals surface area contributed by atoms with Crippen LogP contribution in [0.3, 0.4) is 0 Å². The summed E-state index contributed by atoms with van der Waals surface area (Å²) >= 11 is 0. The van der Waals surface area contributed by atoms with Gasteiger partial charge in [0.2, 0.25) is 0 Å². The Kier molecular flexibility index (Phi) is 11.3. The third kappa shape index (κ3) is 10.6. The lowest BCUT2D eigenvalue weighted by molar-refractivity contribution is -0.157. The normalized spacial score (nSPS) is 30.5. The molecule has 0 aromatic heterocycles. The maximum absolute atomic E-state index is 12.6. The molecule has 0 aliphatic carbocycles. The molecule has 1 aromatic carbocycles. The van der Waals surface area contributed by atoms with Crippen LogP contribution in [0.4, 0.5) is 0 Å². The van der Waals surface area contributed by atoms with Crippen LogP contribution in [0.25, 0.3) is 0 Å². The number of aliphatic hydroxyl groups is 3. The molecule has 37 heavy (non-hydrogen) atoms. The molecule has 0 saturated carbocycles. The van der Waals surface area contributed by atoms with Gasteiger partial charge in [0.05, 0.1) is 18.1 Å². The van der Waals surface area contributed by atoms with Gasteiger partial charge in [-0.3, -0.25) is 9.59 Å². The second kappa shape index (κ2) is 13.7. The average Bonchev–Trinajstić information content (AvgIpc) is 2.82. The molecule has 0 saturated heterocycles. The molecule has 0 fully saturated rings.